The minimum absolute atomic E-state index is 0.0559. The van der Waals surface area contributed by atoms with Crippen molar-refractivity contribution in [1.82, 2.24) is 19.5 Å². The third-order valence-electron chi connectivity index (χ3n) is 7.11. The Kier molecular flexibility index (Phi) is 7.03. The van der Waals surface area contributed by atoms with Crippen LogP contribution in [-0.4, -0.2) is 62.9 Å². The number of pyridine rings is 2. The molecule has 1 aliphatic heterocycles. The summed E-state index contributed by atoms with van der Waals surface area (Å²) in [6.45, 7) is 0.617. The van der Waals surface area contributed by atoms with E-state index in [2.05, 4.69) is 15.0 Å². The van der Waals surface area contributed by atoms with E-state index in [0.29, 0.717) is 35.2 Å². The predicted molar refractivity (Wildman–Crippen MR) is 138 cm³/mol. The second-order valence-electron chi connectivity index (χ2n) is 9.64. The number of imidazole rings is 1. The maximum Gasteiger partial charge on any atom is 0.265 e. The molecule has 9 nitrogen and oxygen atoms in total. The van der Waals surface area contributed by atoms with Gasteiger partial charge < -0.3 is 30.8 Å². The summed E-state index contributed by atoms with van der Waals surface area (Å²) in [5.74, 6) is -1.47. The van der Waals surface area contributed by atoms with E-state index in [9.17, 15) is 22.7 Å². The minimum Gasteiger partial charge on any atom is -0.494 e. The summed E-state index contributed by atoms with van der Waals surface area (Å²) >= 11 is 0. The number of methoxy groups -OCH3 is 1. The number of aromatic nitrogens is 4. The molecule has 5 N–H and O–H groups in total. The van der Waals surface area contributed by atoms with Crippen LogP contribution >= 0.6 is 0 Å². The molecule has 3 aromatic heterocycles. The molecule has 1 aliphatic rings. The first-order chi connectivity index (χ1) is 18.6. The molecule has 13 heteroatoms. The second kappa shape index (κ2) is 10.3. The van der Waals surface area contributed by atoms with Crippen LogP contribution in [0, 0.1) is 11.6 Å². The first kappa shape index (κ1) is 26.6. The summed E-state index contributed by atoms with van der Waals surface area (Å²) < 4.78 is 62.9. The molecule has 0 bridgehead atoms. The van der Waals surface area contributed by atoms with Gasteiger partial charge in [0, 0.05) is 30.9 Å². The SMILES string of the molecule is COc1cc(F)c(-c2cc(Cn3cnc4c(N)nccc43)c(N3CCC[C@](N)([C@@H](O)C(F)F)C3)cn2)cc1F. The third-order valence-corrected chi connectivity index (χ3v) is 7.11. The Balaban J connectivity index is 1.60. The lowest BCUT2D eigenvalue weighted by atomic mass is 9.84. The van der Waals surface area contributed by atoms with Gasteiger partial charge in [0.2, 0.25) is 0 Å². The minimum atomic E-state index is -3.00. The maximum atomic E-state index is 14.9. The van der Waals surface area contributed by atoms with Crippen molar-refractivity contribution in [2.24, 2.45) is 5.73 Å². The van der Waals surface area contributed by atoms with Crippen LogP contribution in [0.15, 0.2) is 43.0 Å². The molecule has 2 atom stereocenters. The van der Waals surface area contributed by atoms with Crippen molar-refractivity contribution in [1.29, 1.82) is 0 Å². The zero-order valence-electron chi connectivity index (χ0n) is 21.0. The number of halogens is 4. The van der Waals surface area contributed by atoms with Crippen LogP contribution in [0.3, 0.4) is 0 Å². The van der Waals surface area contributed by atoms with E-state index in [0.717, 1.165) is 12.1 Å². The first-order valence-corrected chi connectivity index (χ1v) is 12.2. The number of hydrogen-bond acceptors (Lipinski definition) is 8. The van der Waals surface area contributed by atoms with Gasteiger partial charge in [-0.15, -0.1) is 0 Å². The molecule has 0 amide bonds. The Labute approximate surface area is 221 Å². The van der Waals surface area contributed by atoms with Crippen LogP contribution in [-0.2, 0) is 6.54 Å². The van der Waals surface area contributed by atoms with Crippen molar-refractivity contribution < 1.29 is 27.4 Å². The van der Waals surface area contributed by atoms with Gasteiger partial charge in [-0.1, -0.05) is 0 Å². The number of aliphatic hydroxyl groups is 1. The van der Waals surface area contributed by atoms with Gasteiger partial charge in [-0.05, 0) is 36.6 Å². The summed E-state index contributed by atoms with van der Waals surface area (Å²) in [6.07, 6.45) is 0.246. The highest BCUT2D eigenvalue weighted by Crippen LogP contribution is 2.35. The Morgan fingerprint density at radius 3 is 2.69 bits per heavy atom. The van der Waals surface area contributed by atoms with Gasteiger partial charge in [-0.2, -0.15) is 0 Å². The number of piperidine rings is 1. The number of benzene rings is 1. The van der Waals surface area contributed by atoms with E-state index in [1.807, 2.05) is 0 Å². The average Bonchev–Trinajstić information content (AvgIpc) is 3.33. The quantitative estimate of drug-likeness (QED) is 0.302. The van der Waals surface area contributed by atoms with Crippen molar-refractivity contribution in [3.8, 4) is 17.0 Å². The number of nitrogens with zero attached hydrogens (tertiary/aromatic N) is 5. The lowest BCUT2D eigenvalue weighted by Crippen LogP contribution is -2.63. The van der Waals surface area contributed by atoms with Gasteiger partial charge >= 0.3 is 0 Å². The molecule has 1 aromatic carbocycles. The fraction of sp³-hybridized carbons (Fsp3) is 0.346. The van der Waals surface area contributed by atoms with E-state index in [4.69, 9.17) is 16.2 Å². The van der Waals surface area contributed by atoms with E-state index in [1.54, 1.807) is 34.1 Å². The zero-order valence-corrected chi connectivity index (χ0v) is 21.0. The Morgan fingerprint density at radius 1 is 1.15 bits per heavy atom. The summed E-state index contributed by atoms with van der Waals surface area (Å²) in [5, 5.41) is 10.2. The Bertz CT molecular complexity index is 1520. The van der Waals surface area contributed by atoms with Gasteiger partial charge in [0.05, 0.1) is 48.6 Å². The molecular weight excluding hydrogens is 518 g/mol. The lowest BCUT2D eigenvalue weighted by molar-refractivity contribution is -0.0529. The number of nitrogen functional groups attached to an aromatic ring is 1. The Hall–Kier alpha value is -3.97. The van der Waals surface area contributed by atoms with Crippen molar-refractivity contribution in [2.45, 2.75) is 37.5 Å². The Morgan fingerprint density at radius 2 is 1.95 bits per heavy atom. The molecule has 0 radical (unpaired) electrons. The predicted octanol–water partition coefficient (Wildman–Crippen LogP) is 3.33. The monoisotopic (exact) mass is 545 g/mol. The fourth-order valence-corrected chi connectivity index (χ4v) is 5.06. The van der Waals surface area contributed by atoms with Crippen LogP contribution in [0.2, 0.25) is 0 Å². The molecule has 1 fully saturated rings. The topological polar surface area (TPSA) is 128 Å². The van der Waals surface area contributed by atoms with Crippen LogP contribution in [0.1, 0.15) is 18.4 Å². The number of aliphatic hydroxyl groups excluding tert-OH is 1. The molecule has 1 saturated heterocycles. The zero-order chi connectivity index (χ0) is 27.9. The molecule has 4 heterocycles. The average molecular weight is 546 g/mol. The molecule has 0 spiro atoms. The fourth-order valence-electron chi connectivity index (χ4n) is 5.06. The molecule has 4 aromatic rings. The summed E-state index contributed by atoms with van der Waals surface area (Å²) in [6, 6.07) is 5.29. The summed E-state index contributed by atoms with van der Waals surface area (Å²) in [5.41, 5.74) is 13.1. The van der Waals surface area contributed by atoms with Crippen molar-refractivity contribution >= 4 is 22.5 Å². The van der Waals surface area contributed by atoms with Gasteiger partial charge in [0.1, 0.15) is 17.4 Å². The first-order valence-electron chi connectivity index (χ1n) is 12.2. The van der Waals surface area contributed by atoms with Gasteiger partial charge in [0.15, 0.2) is 17.4 Å². The van der Waals surface area contributed by atoms with Gasteiger partial charge in [0.25, 0.3) is 6.43 Å². The molecule has 5 rings (SSSR count). The molecule has 206 valence electrons. The van der Waals surface area contributed by atoms with Crippen LogP contribution < -0.4 is 21.1 Å². The molecular formula is C26H27F4N7O2. The molecule has 0 unspecified atom stereocenters. The van der Waals surface area contributed by atoms with E-state index in [1.165, 1.54) is 13.3 Å². The van der Waals surface area contributed by atoms with E-state index < -0.39 is 29.7 Å². The lowest BCUT2D eigenvalue weighted by Gasteiger charge is -2.44. The number of anilines is 2. The molecule has 0 saturated carbocycles. The normalized spacial score (nSPS) is 18.6. The van der Waals surface area contributed by atoms with E-state index >= 15 is 0 Å². The second-order valence-corrected chi connectivity index (χ2v) is 9.64. The van der Waals surface area contributed by atoms with Gasteiger partial charge in [-0.3, -0.25) is 4.98 Å². The smallest absolute Gasteiger partial charge is 0.265 e. The molecule has 0 aliphatic carbocycles. The van der Waals surface area contributed by atoms with Crippen LogP contribution in [0.5, 0.6) is 5.75 Å². The van der Waals surface area contributed by atoms with Crippen molar-refractivity contribution in [3.05, 3.63) is 60.2 Å². The summed E-state index contributed by atoms with van der Waals surface area (Å²) in [4.78, 5) is 14.5. The highest BCUT2D eigenvalue weighted by molar-refractivity contribution is 5.84. The number of alkyl halides is 2. The number of fused-ring (bicyclic) bond motifs is 1. The number of nitrogens with two attached hydrogens (primary N) is 2. The van der Waals surface area contributed by atoms with Crippen molar-refractivity contribution in [2.75, 3.05) is 30.8 Å². The standard InChI is InChI=1S/C26H27F4N7O2/c1-39-21-9-16(27)15(8-17(21)28)18-7-14(11-37-13-35-22-19(37)3-5-33-25(22)31)20(10-34-18)36-6-2-4-26(32,12-36)23(38)24(29)30/h3,5,7-10,13,23-24,38H,2,4,6,11-12,32H2,1H3,(H2,31,33)/t23-,26+/m0/s1. The number of ether oxygens (including phenoxy) is 1. The van der Waals surface area contributed by atoms with Crippen molar-refractivity contribution in [3.63, 3.8) is 0 Å². The summed E-state index contributed by atoms with van der Waals surface area (Å²) in [7, 11) is 1.24. The highest BCUT2D eigenvalue weighted by Gasteiger charge is 2.43. The van der Waals surface area contributed by atoms with Crippen LogP contribution in [0.4, 0.5) is 29.1 Å². The number of hydrogen-bond donors (Lipinski definition) is 3. The van der Waals surface area contributed by atoms with E-state index in [-0.39, 0.29) is 42.3 Å². The van der Waals surface area contributed by atoms with Crippen LogP contribution in [0.25, 0.3) is 22.3 Å². The molecule has 39 heavy (non-hydrogen) atoms. The number of rotatable bonds is 7. The maximum absolute atomic E-state index is 14.9. The highest BCUT2D eigenvalue weighted by atomic mass is 19.3. The van der Waals surface area contributed by atoms with Gasteiger partial charge in [-0.25, -0.2) is 27.5 Å². The largest absolute Gasteiger partial charge is 0.494 e. The third kappa shape index (κ3) is 4.94.